The fourth-order valence-electron chi connectivity index (χ4n) is 3.35. The van der Waals surface area contributed by atoms with Gasteiger partial charge in [-0.05, 0) is 52.4 Å². The lowest BCUT2D eigenvalue weighted by atomic mass is 9.99. The van der Waals surface area contributed by atoms with Crippen molar-refractivity contribution in [1.29, 1.82) is 0 Å². The molecule has 22 heavy (non-hydrogen) atoms. The molecule has 3 atom stereocenters. The molecule has 0 radical (unpaired) electrons. The van der Waals surface area contributed by atoms with E-state index in [9.17, 15) is 4.79 Å². The van der Waals surface area contributed by atoms with E-state index in [-0.39, 0.29) is 12.1 Å². The Morgan fingerprint density at radius 1 is 1.41 bits per heavy atom. The van der Waals surface area contributed by atoms with Crippen molar-refractivity contribution in [3.05, 3.63) is 0 Å². The Morgan fingerprint density at radius 2 is 2.27 bits per heavy atom. The maximum atomic E-state index is 12.4. The second-order valence-electron chi connectivity index (χ2n) is 6.68. The molecule has 0 aromatic heterocycles. The zero-order chi connectivity index (χ0) is 15.8. The molecule has 0 aliphatic carbocycles. The van der Waals surface area contributed by atoms with Crippen LogP contribution >= 0.6 is 0 Å². The van der Waals surface area contributed by atoms with Gasteiger partial charge in [-0.2, -0.15) is 0 Å². The minimum atomic E-state index is 0.0843. The quantitative estimate of drug-likeness (QED) is 0.786. The molecule has 2 heterocycles. The lowest BCUT2D eigenvalue weighted by Crippen LogP contribution is -2.48. The Bertz CT molecular complexity index is 332. The first-order valence-corrected chi connectivity index (χ1v) is 8.93. The van der Waals surface area contributed by atoms with Crippen LogP contribution in [0.25, 0.3) is 0 Å². The molecule has 0 aromatic rings. The number of ether oxygens (including phenoxy) is 2. The van der Waals surface area contributed by atoms with Crippen molar-refractivity contribution in [2.45, 2.75) is 64.5 Å². The van der Waals surface area contributed by atoms with Gasteiger partial charge in [-0.3, -0.25) is 0 Å². The predicted molar refractivity (Wildman–Crippen MR) is 87.0 cm³/mol. The second-order valence-corrected chi connectivity index (χ2v) is 6.68. The average Bonchev–Trinajstić information content (AvgIpc) is 3.04. The zero-order valence-corrected chi connectivity index (χ0v) is 14.2. The first-order valence-electron chi connectivity index (χ1n) is 8.93. The Kier molecular flexibility index (Phi) is 7.46. The molecule has 5 heteroatoms. The van der Waals surface area contributed by atoms with Crippen LogP contribution in [0.5, 0.6) is 0 Å². The van der Waals surface area contributed by atoms with Gasteiger partial charge in [0, 0.05) is 38.3 Å². The second kappa shape index (κ2) is 9.36. The minimum absolute atomic E-state index is 0.0843. The van der Waals surface area contributed by atoms with Crippen LogP contribution in [0.3, 0.4) is 0 Å². The van der Waals surface area contributed by atoms with Crippen molar-refractivity contribution in [1.82, 2.24) is 10.2 Å². The first kappa shape index (κ1) is 17.5. The van der Waals surface area contributed by atoms with Gasteiger partial charge in [-0.1, -0.05) is 0 Å². The van der Waals surface area contributed by atoms with Crippen molar-refractivity contribution in [2.75, 3.05) is 32.9 Å². The molecule has 0 bridgehead atoms. The van der Waals surface area contributed by atoms with Gasteiger partial charge in [-0.25, -0.2) is 4.79 Å². The molecule has 2 aliphatic heterocycles. The number of hydrogen-bond acceptors (Lipinski definition) is 3. The Morgan fingerprint density at radius 3 is 3.00 bits per heavy atom. The van der Waals surface area contributed by atoms with Gasteiger partial charge in [0.25, 0.3) is 0 Å². The third-order valence-corrected chi connectivity index (χ3v) is 4.68. The van der Waals surface area contributed by atoms with E-state index in [0.717, 1.165) is 52.2 Å². The molecule has 0 saturated carbocycles. The van der Waals surface area contributed by atoms with Gasteiger partial charge >= 0.3 is 6.03 Å². The maximum absolute atomic E-state index is 12.4. The fraction of sp³-hybridized carbons (Fsp3) is 0.941. The van der Waals surface area contributed by atoms with Crippen LogP contribution in [0.15, 0.2) is 0 Å². The van der Waals surface area contributed by atoms with Crippen LogP contribution in [-0.4, -0.2) is 56.0 Å². The van der Waals surface area contributed by atoms with Crippen molar-refractivity contribution >= 4 is 6.03 Å². The van der Waals surface area contributed by atoms with E-state index in [2.05, 4.69) is 12.2 Å². The molecule has 2 saturated heterocycles. The summed E-state index contributed by atoms with van der Waals surface area (Å²) in [5, 5.41) is 3.14. The highest BCUT2D eigenvalue weighted by Crippen LogP contribution is 2.19. The normalized spacial score (nSPS) is 26.9. The summed E-state index contributed by atoms with van der Waals surface area (Å²) in [6.07, 6.45) is 7.05. The van der Waals surface area contributed by atoms with Crippen LogP contribution in [0, 0.1) is 5.92 Å². The number of piperidine rings is 1. The van der Waals surface area contributed by atoms with Crippen LogP contribution in [0.1, 0.15) is 52.4 Å². The van der Waals surface area contributed by atoms with E-state index < -0.39 is 0 Å². The zero-order valence-electron chi connectivity index (χ0n) is 14.2. The van der Waals surface area contributed by atoms with E-state index in [4.69, 9.17) is 9.47 Å². The molecule has 0 spiro atoms. The number of carbonyl (C=O) groups is 1. The minimum Gasteiger partial charge on any atom is -0.381 e. The third kappa shape index (κ3) is 5.76. The summed E-state index contributed by atoms with van der Waals surface area (Å²) < 4.78 is 11.1. The summed E-state index contributed by atoms with van der Waals surface area (Å²) in [4.78, 5) is 14.3. The first-order chi connectivity index (χ1) is 10.7. The Balaban J connectivity index is 1.66. The van der Waals surface area contributed by atoms with Crippen LogP contribution < -0.4 is 5.32 Å². The van der Waals surface area contributed by atoms with Crippen molar-refractivity contribution < 1.29 is 14.3 Å². The van der Waals surface area contributed by atoms with Crippen molar-refractivity contribution in [3.8, 4) is 0 Å². The van der Waals surface area contributed by atoms with Gasteiger partial charge in [0.15, 0.2) is 0 Å². The van der Waals surface area contributed by atoms with E-state index in [1.54, 1.807) is 0 Å². The van der Waals surface area contributed by atoms with Crippen LogP contribution in [0.2, 0.25) is 0 Å². The summed E-state index contributed by atoms with van der Waals surface area (Å²) in [6, 6.07) is 0.296. The molecule has 2 amide bonds. The van der Waals surface area contributed by atoms with Gasteiger partial charge in [0.1, 0.15) is 0 Å². The van der Waals surface area contributed by atoms with E-state index >= 15 is 0 Å². The van der Waals surface area contributed by atoms with Gasteiger partial charge in [-0.15, -0.1) is 0 Å². The summed E-state index contributed by atoms with van der Waals surface area (Å²) in [5.74, 6) is 0.488. The number of hydrogen-bond donors (Lipinski definition) is 1. The Labute approximate surface area is 134 Å². The topological polar surface area (TPSA) is 50.8 Å². The highest BCUT2D eigenvalue weighted by Gasteiger charge is 2.25. The molecule has 2 aliphatic rings. The summed E-state index contributed by atoms with van der Waals surface area (Å²) in [7, 11) is 0. The molecule has 2 rings (SSSR count). The third-order valence-electron chi connectivity index (χ3n) is 4.68. The SMILES string of the molecule is CCOC[C@@H]1CCCN(C(=O)N[C@@H](C)CC[C@H]2CCCO2)C1. The molecular weight excluding hydrogens is 280 g/mol. The average molecular weight is 312 g/mol. The van der Waals surface area contributed by atoms with Crippen molar-refractivity contribution in [3.63, 3.8) is 0 Å². The smallest absolute Gasteiger partial charge is 0.317 e. The number of likely N-dealkylation sites (tertiary alicyclic amines) is 1. The number of urea groups is 1. The van der Waals surface area contributed by atoms with E-state index in [1.807, 2.05) is 11.8 Å². The summed E-state index contributed by atoms with van der Waals surface area (Å²) >= 11 is 0. The van der Waals surface area contributed by atoms with Gasteiger partial charge < -0.3 is 19.7 Å². The molecule has 1 N–H and O–H groups in total. The number of rotatable bonds is 7. The van der Waals surface area contributed by atoms with Crippen molar-refractivity contribution in [2.24, 2.45) is 5.92 Å². The lowest BCUT2D eigenvalue weighted by Gasteiger charge is -2.33. The molecule has 2 fully saturated rings. The molecular formula is C17H32N2O3. The number of amides is 2. The molecule has 5 nitrogen and oxygen atoms in total. The monoisotopic (exact) mass is 312 g/mol. The lowest BCUT2D eigenvalue weighted by molar-refractivity contribution is 0.0747. The maximum Gasteiger partial charge on any atom is 0.317 e. The summed E-state index contributed by atoms with van der Waals surface area (Å²) in [5.41, 5.74) is 0. The van der Waals surface area contributed by atoms with E-state index in [1.165, 1.54) is 19.3 Å². The highest BCUT2D eigenvalue weighted by atomic mass is 16.5. The number of nitrogens with one attached hydrogen (secondary N) is 1. The molecule has 128 valence electrons. The summed E-state index contributed by atoms with van der Waals surface area (Å²) in [6.45, 7) is 8.23. The largest absolute Gasteiger partial charge is 0.381 e. The molecule has 0 unspecified atom stereocenters. The fourth-order valence-corrected chi connectivity index (χ4v) is 3.35. The van der Waals surface area contributed by atoms with Gasteiger partial charge in [0.05, 0.1) is 12.7 Å². The standard InChI is InChI=1S/C17H32N2O3/c1-3-21-13-15-6-4-10-19(12-15)17(20)18-14(2)8-9-16-7-5-11-22-16/h14-16H,3-13H2,1-2H3,(H,18,20)/t14-,15+,16+/m0/s1. The van der Waals surface area contributed by atoms with Crippen LogP contribution in [-0.2, 0) is 9.47 Å². The van der Waals surface area contributed by atoms with Crippen LogP contribution in [0.4, 0.5) is 4.79 Å². The predicted octanol–water partition coefficient (Wildman–Crippen LogP) is 2.79. The van der Waals surface area contributed by atoms with Gasteiger partial charge in [0.2, 0.25) is 0 Å². The number of nitrogens with zero attached hydrogens (tertiary/aromatic N) is 1. The Hall–Kier alpha value is -0.810. The molecule has 0 aromatic carbocycles. The van der Waals surface area contributed by atoms with E-state index in [0.29, 0.717) is 12.0 Å². The number of carbonyl (C=O) groups excluding carboxylic acids is 1. The highest BCUT2D eigenvalue weighted by molar-refractivity contribution is 5.74.